The van der Waals surface area contributed by atoms with Crippen LogP contribution in [0.1, 0.15) is 64.7 Å². The molecule has 50 heavy (non-hydrogen) atoms. The maximum atomic E-state index is 14.9. The maximum absolute atomic E-state index is 14.9. The van der Waals surface area contributed by atoms with E-state index < -0.39 is 151 Å². The highest BCUT2D eigenvalue weighted by atomic mass is 16.4. The van der Waals surface area contributed by atoms with Crippen molar-refractivity contribution in [3.8, 4) is 0 Å². The molecule has 0 aromatic carbocycles. The Hall–Kier alpha value is -4.09. The number of aliphatic carboxylic acids is 4. The zero-order valence-electron chi connectivity index (χ0n) is 27.6. The standard InChI is InChI=1S/C29H49N7O14/c1-27(11-18(38)17(35)12-37,22(45)14(32)5-7-19(39)40)28(24(47)16(34)10-21(43)44,23(46)13(31)4-2-3-9-30)29(36,26(49)50)25(48)15(33)6-8-20(41)42/h13-17,37H,2-12,30-36H2,1H3,(H,39,40)(H,41,42)(H,43,44)(H,49,50). The number of carboxylic acid groups (broad SMARTS) is 4. The van der Waals surface area contributed by atoms with Crippen LogP contribution < -0.4 is 40.1 Å². The Morgan fingerprint density at radius 1 is 0.600 bits per heavy atom. The van der Waals surface area contributed by atoms with Gasteiger partial charge in [0.15, 0.2) is 34.5 Å². The van der Waals surface area contributed by atoms with Gasteiger partial charge in [-0.2, -0.15) is 0 Å². The average Bonchev–Trinajstić information content (AvgIpc) is 3.03. The lowest BCUT2D eigenvalue weighted by Gasteiger charge is -2.54. The van der Waals surface area contributed by atoms with Gasteiger partial charge in [0.05, 0.1) is 48.7 Å². The van der Waals surface area contributed by atoms with Gasteiger partial charge in [0, 0.05) is 19.3 Å². The van der Waals surface area contributed by atoms with Crippen molar-refractivity contribution in [1.82, 2.24) is 0 Å². The lowest BCUT2D eigenvalue weighted by atomic mass is 9.44. The first-order chi connectivity index (χ1) is 22.9. The molecule has 0 bridgehead atoms. The topological polar surface area (TPSA) is 437 Å². The van der Waals surface area contributed by atoms with Gasteiger partial charge < -0.3 is 65.7 Å². The van der Waals surface area contributed by atoms with Crippen LogP contribution in [-0.2, 0) is 43.2 Å². The highest BCUT2D eigenvalue weighted by Crippen LogP contribution is 2.54. The van der Waals surface area contributed by atoms with E-state index in [1.165, 1.54) is 0 Å². The van der Waals surface area contributed by atoms with E-state index in [1.807, 2.05) is 0 Å². The highest BCUT2D eigenvalue weighted by Gasteiger charge is 2.77. The largest absolute Gasteiger partial charge is 0.481 e. The summed E-state index contributed by atoms with van der Waals surface area (Å²) < 4.78 is 0. The van der Waals surface area contributed by atoms with Crippen molar-refractivity contribution in [1.29, 1.82) is 0 Å². The van der Waals surface area contributed by atoms with Crippen molar-refractivity contribution in [2.75, 3.05) is 13.2 Å². The zero-order valence-corrected chi connectivity index (χ0v) is 27.6. The number of nitrogens with two attached hydrogens (primary N) is 7. The fraction of sp³-hybridized carbons (Fsp3) is 0.690. The quantitative estimate of drug-likeness (QED) is 0.0279. The summed E-state index contributed by atoms with van der Waals surface area (Å²) in [5.41, 5.74) is 30.3. The van der Waals surface area contributed by atoms with E-state index in [1.54, 1.807) is 0 Å². The number of aliphatic hydroxyl groups excluding tert-OH is 1. The van der Waals surface area contributed by atoms with Gasteiger partial charge in [0.25, 0.3) is 0 Å². The van der Waals surface area contributed by atoms with Crippen LogP contribution in [0.3, 0.4) is 0 Å². The summed E-state index contributed by atoms with van der Waals surface area (Å²) in [4.78, 5) is 120. The van der Waals surface area contributed by atoms with Gasteiger partial charge in [-0.25, -0.2) is 4.79 Å². The molecule has 0 aliphatic carbocycles. The molecule has 0 spiro atoms. The molecule has 8 unspecified atom stereocenters. The minimum Gasteiger partial charge on any atom is -0.481 e. The molecule has 0 aliphatic rings. The lowest BCUT2D eigenvalue weighted by molar-refractivity contribution is -0.181. The Morgan fingerprint density at radius 3 is 1.44 bits per heavy atom. The van der Waals surface area contributed by atoms with Gasteiger partial charge in [-0.1, -0.05) is 13.3 Å². The SMILES string of the molecule is CC(CC(=O)C(N)CO)(C(=O)C(N)CCC(=O)O)C(C(=O)C(N)CCCCN)(C(=O)C(N)CC(=O)O)C(N)(C(=O)O)C(=O)C(N)CCC(=O)O. The van der Waals surface area contributed by atoms with Gasteiger partial charge >= 0.3 is 23.9 Å². The van der Waals surface area contributed by atoms with Crippen molar-refractivity contribution < 1.29 is 68.7 Å². The van der Waals surface area contributed by atoms with Crippen LogP contribution in [0, 0.1) is 10.8 Å². The summed E-state index contributed by atoms with van der Waals surface area (Å²) >= 11 is 0. The molecule has 284 valence electrons. The van der Waals surface area contributed by atoms with E-state index in [0.29, 0.717) is 6.92 Å². The average molecular weight is 720 g/mol. The summed E-state index contributed by atoms with van der Waals surface area (Å²) in [6.07, 6.45) is -6.39. The number of carbonyl (C=O) groups excluding carboxylic acids is 5. The third kappa shape index (κ3) is 10.0. The van der Waals surface area contributed by atoms with E-state index in [0.717, 1.165) is 0 Å². The van der Waals surface area contributed by atoms with E-state index in [2.05, 4.69) is 0 Å². The summed E-state index contributed by atoms with van der Waals surface area (Å²) in [6.45, 7) is -0.413. The first kappa shape index (κ1) is 45.9. The molecule has 0 heterocycles. The van der Waals surface area contributed by atoms with Crippen LogP contribution >= 0.6 is 0 Å². The van der Waals surface area contributed by atoms with Crippen LogP contribution in [0.4, 0.5) is 0 Å². The molecule has 21 nitrogen and oxygen atoms in total. The van der Waals surface area contributed by atoms with Crippen LogP contribution in [-0.4, -0.2) is 127 Å². The normalized spacial score (nSPS) is 18.1. The highest BCUT2D eigenvalue weighted by molar-refractivity contribution is 6.27. The van der Waals surface area contributed by atoms with Gasteiger partial charge in [-0.05, 0) is 32.2 Å². The third-order valence-corrected chi connectivity index (χ3v) is 8.62. The minimum absolute atomic E-state index is 0.0165. The summed E-state index contributed by atoms with van der Waals surface area (Å²) in [5.74, 6) is -16.0. The Bertz CT molecular complexity index is 1330. The molecule has 21 heteroatoms. The molecule has 0 amide bonds. The van der Waals surface area contributed by atoms with Gasteiger partial charge in [-0.15, -0.1) is 0 Å². The first-order valence-corrected chi connectivity index (χ1v) is 15.4. The second-order valence-corrected chi connectivity index (χ2v) is 12.3. The van der Waals surface area contributed by atoms with Crippen molar-refractivity contribution in [3.63, 3.8) is 0 Å². The number of hydrogen-bond acceptors (Lipinski definition) is 17. The molecular weight excluding hydrogens is 670 g/mol. The first-order valence-electron chi connectivity index (χ1n) is 15.4. The van der Waals surface area contributed by atoms with Crippen molar-refractivity contribution in [2.45, 2.75) is 100 Å². The lowest BCUT2D eigenvalue weighted by Crippen LogP contribution is -2.82. The zero-order chi connectivity index (χ0) is 39.4. The molecular formula is C29H49N7O14. The molecule has 0 saturated carbocycles. The molecule has 8 atom stereocenters. The number of rotatable bonds is 27. The van der Waals surface area contributed by atoms with Crippen molar-refractivity contribution >= 4 is 52.8 Å². The molecule has 0 aromatic heterocycles. The fourth-order valence-electron chi connectivity index (χ4n) is 5.92. The molecule has 0 fully saturated rings. The monoisotopic (exact) mass is 719 g/mol. The Balaban J connectivity index is 8.84. The molecule has 19 N–H and O–H groups in total. The number of ketones is 5. The Morgan fingerprint density at radius 2 is 1.04 bits per heavy atom. The van der Waals surface area contributed by atoms with Crippen LogP contribution in [0.15, 0.2) is 0 Å². The molecule has 0 rings (SSSR count). The number of aliphatic hydroxyl groups is 1. The van der Waals surface area contributed by atoms with Crippen molar-refractivity contribution in [2.24, 2.45) is 51.0 Å². The summed E-state index contributed by atoms with van der Waals surface area (Å²) in [5, 5.41) is 48.3. The Labute approximate surface area is 286 Å². The fourth-order valence-corrected chi connectivity index (χ4v) is 5.92. The van der Waals surface area contributed by atoms with E-state index in [4.69, 9.17) is 45.2 Å². The Kier molecular flexibility index (Phi) is 17.8. The predicted octanol–water partition coefficient (Wildman–Crippen LogP) is -5.04. The molecule has 0 aliphatic heterocycles. The molecule has 0 saturated heterocycles. The van der Waals surface area contributed by atoms with Gasteiger partial charge in [0.1, 0.15) is 5.41 Å². The third-order valence-electron chi connectivity index (χ3n) is 8.62. The van der Waals surface area contributed by atoms with Crippen molar-refractivity contribution in [3.05, 3.63) is 0 Å². The predicted molar refractivity (Wildman–Crippen MR) is 171 cm³/mol. The summed E-state index contributed by atoms with van der Waals surface area (Å²) in [6, 6.07) is -10.6. The molecule has 0 aromatic rings. The van der Waals surface area contributed by atoms with E-state index >= 15 is 0 Å². The second-order valence-electron chi connectivity index (χ2n) is 12.3. The summed E-state index contributed by atoms with van der Waals surface area (Å²) in [7, 11) is 0. The minimum atomic E-state index is -4.08. The molecule has 0 radical (unpaired) electrons. The van der Waals surface area contributed by atoms with Crippen LogP contribution in [0.25, 0.3) is 0 Å². The van der Waals surface area contributed by atoms with Crippen LogP contribution in [0.5, 0.6) is 0 Å². The number of unbranched alkanes of at least 4 members (excludes halogenated alkanes) is 1. The number of Topliss-reactive ketones (excluding diaryl/α,β-unsaturated/α-hetero) is 5. The van der Waals surface area contributed by atoms with Gasteiger partial charge in [0.2, 0.25) is 0 Å². The van der Waals surface area contributed by atoms with E-state index in [9.17, 15) is 63.6 Å². The number of carboxylic acids is 4. The van der Waals surface area contributed by atoms with E-state index in [-0.39, 0.29) is 19.4 Å². The number of carbonyl (C=O) groups is 9. The second kappa shape index (κ2) is 19.3. The number of hydrogen-bond donors (Lipinski definition) is 12. The maximum Gasteiger partial charge on any atom is 0.333 e. The van der Waals surface area contributed by atoms with Crippen LogP contribution in [0.2, 0.25) is 0 Å². The van der Waals surface area contributed by atoms with Gasteiger partial charge in [-0.3, -0.25) is 38.4 Å². The smallest absolute Gasteiger partial charge is 0.333 e.